The number of anilines is 2. The summed E-state index contributed by atoms with van der Waals surface area (Å²) in [5.41, 5.74) is 10.5. The SMILES string of the molecule is Cc1cc(Br)cc(C=NNc2nc(N)cs2)c1. The number of aromatic nitrogens is 1. The summed E-state index contributed by atoms with van der Waals surface area (Å²) >= 11 is 4.86. The Morgan fingerprint density at radius 2 is 2.29 bits per heavy atom. The van der Waals surface area contributed by atoms with Crippen molar-refractivity contribution in [2.24, 2.45) is 5.10 Å². The zero-order chi connectivity index (χ0) is 12.3. The Morgan fingerprint density at radius 3 is 2.94 bits per heavy atom. The van der Waals surface area contributed by atoms with Gasteiger partial charge in [-0.05, 0) is 30.2 Å². The van der Waals surface area contributed by atoms with Gasteiger partial charge in [0.25, 0.3) is 0 Å². The lowest BCUT2D eigenvalue weighted by Crippen LogP contribution is -1.91. The van der Waals surface area contributed by atoms with Crippen LogP contribution in [0, 0.1) is 6.92 Å². The molecule has 88 valence electrons. The number of nitrogens with two attached hydrogens (primary N) is 1. The van der Waals surface area contributed by atoms with E-state index in [9.17, 15) is 0 Å². The number of hydrogen-bond donors (Lipinski definition) is 2. The second-order valence-corrected chi connectivity index (χ2v) is 5.28. The molecule has 0 saturated heterocycles. The van der Waals surface area contributed by atoms with E-state index in [2.05, 4.69) is 31.4 Å². The summed E-state index contributed by atoms with van der Waals surface area (Å²) in [7, 11) is 0. The molecule has 17 heavy (non-hydrogen) atoms. The molecule has 3 N–H and O–H groups in total. The molecule has 0 spiro atoms. The molecule has 1 heterocycles. The van der Waals surface area contributed by atoms with Crippen LogP contribution in [0.25, 0.3) is 0 Å². The zero-order valence-electron chi connectivity index (χ0n) is 9.14. The molecule has 2 rings (SSSR count). The normalized spacial score (nSPS) is 10.9. The Balaban J connectivity index is 2.05. The predicted octanol–water partition coefficient (Wildman–Crippen LogP) is 3.24. The number of halogens is 1. The molecule has 0 fully saturated rings. The third-order valence-corrected chi connectivity index (χ3v) is 3.18. The van der Waals surface area contributed by atoms with Gasteiger partial charge in [-0.1, -0.05) is 22.0 Å². The highest BCUT2D eigenvalue weighted by Crippen LogP contribution is 2.17. The molecule has 0 aliphatic heterocycles. The lowest BCUT2D eigenvalue weighted by atomic mass is 10.2. The third kappa shape index (κ3) is 3.54. The van der Waals surface area contributed by atoms with Crippen LogP contribution in [0.5, 0.6) is 0 Å². The number of hydrogen-bond acceptors (Lipinski definition) is 5. The first kappa shape index (κ1) is 12.1. The van der Waals surface area contributed by atoms with Crippen LogP contribution < -0.4 is 11.2 Å². The van der Waals surface area contributed by atoms with Gasteiger partial charge in [-0.2, -0.15) is 5.10 Å². The number of rotatable bonds is 3. The number of thiazole rings is 1. The third-order valence-electron chi connectivity index (χ3n) is 1.96. The molecule has 0 aliphatic rings. The highest BCUT2D eigenvalue weighted by Gasteiger charge is 1.96. The number of benzene rings is 1. The minimum Gasteiger partial charge on any atom is -0.383 e. The summed E-state index contributed by atoms with van der Waals surface area (Å²) in [6.07, 6.45) is 1.75. The highest BCUT2D eigenvalue weighted by molar-refractivity contribution is 9.10. The minimum atomic E-state index is 0.506. The first-order valence-corrected chi connectivity index (χ1v) is 6.58. The smallest absolute Gasteiger partial charge is 0.205 e. The van der Waals surface area contributed by atoms with E-state index in [-0.39, 0.29) is 0 Å². The monoisotopic (exact) mass is 310 g/mol. The fourth-order valence-corrected chi connectivity index (χ4v) is 2.51. The van der Waals surface area contributed by atoms with E-state index in [1.807, 2.05) is 25.1 Å². The number of nitrogens with one attached hydrogen (secondary N) is 1. The Hall–Kier alpha value is -1.40. The van der Waals surface area contributed by atoms with Gasteiger partial charge in [0.2, 0.25) is 5.13 Å². The molecule has 0 amide bonds. The average molecular weight is 311 g/mol. The molecular weight excluding hydrogens is 300 g/mol. The first-order valence-electron chi connectivity index (χ1n) is 4.91. The summed E-state index contributed by atoms with van der Waals surface area (Å²) in [5.74, 6) is 0.506. The number of nitrogen functional groups attached to an aromatic ring is 1. The molecule has 2 aromatic rings. The summed E-state index contributed by atoms with van der Waals surface area (Å²) < 4.78 is 1.04. The van der Waals surface area contributed by atoms with Crippen molar-refractivity contribution in [3.05, 3.63) is 39.2 Å². The minimum absolute atomic E-state index is 0.506. The van der Waals surface area contributed by atoms with Crippen molar-refractivity contribution >= 4 is 44.4 Å². The number of hydrazone groups is 1. The van der Waals surface area contributed by atoms with Crippen LogP contribution in [-0.2, 0) is 0 Å². The second-order valence-electron chi connectivity index (χ2n) is 3.51. The molecule has 4 nitrogen and oxygen atoms in total. The summed E-state index contributed by atoms with van der Waals surface area (Å²) in [4.78, 5) is 4.04. The summed E-state index contributed by atoms with van der Waals surface area (Å²) in [6, 6.07) is 6.09. The van der Waals surface area contributed by atoms with Gasteiger partial charge in [-0.25, -0.2) is 4.98 Å². The molecule has 0 aliphatic carbocycles. The van der Waals surface area contributed by atoms with Crippen LogP contribution in [0.2, 0.25) is 0 Å². The molecule has 0 atom stereocenters. The zero-order valence-corrected chi connectivity index (χ0v) is 11.5. The standard InChI is InChI=1S/C11H11BrN4S/c1-7-2-8(4-9(12)3-7)5-14-16-11-15-10(13)6-17-11/h2-6H,13H2,1H3,(H,15,16). The van der Waals surface area contributed by atoms with Crippen molar-refractivity contribution in [2.45, 2.75) is 6.92 Å². The molecular formula is C11H11BrN4S. The topological polar surface area (TPSA) is 63.3 Å². The van der Waals surface area contributed by atoms with E-state index in [1.54, 1.807) is 11.6 Å². The van der Waals surface area contributed by atoms with E-state index in [0.717, 1.165) is 10.0 Å². The molecule has 0 unspecified atom stereocenters. The molecule has 1 aromatic carbocycles. The van der Waals surface area contributed by atoms with Crippen molar-refractivity contribution in [1.29, 1.82) is 0 Å². The molecule has 6 heteroatoms. The number of aryl methyl sites for hydroxylation is 1. The van der Waals surface area contributed by atoms with Gasteiger partial charge in [0.05, 0.1) is 6.21 Å². The maximum Gasteiger partial charge on any atom is 0.205 e. The number of nitrogens with zero attached hydrogens (tertiary/aromatic N) is 2. The van der Waals surface area contributed by atoms with Crippen LogP contribution >= 0.6 is 27.3 Å². The van der Waals surface area contributed by atoms with Crippen LogP contribution in [0.15, 0.2) is 33.2 Å². The van der Waals surface area contributed by atoms with E-state index in [1.165, 1.54) is 16.9 Å². The van der Waals surface area contributed by atoms with Crippen molar-refractivity contribution in [3.63, 3.8) is 0 Å². The fraction of sp³-hybridized carbons (Fsp3) is 0.0909. The van der Waals surface area contributed by atoms with E-state index in [0.29, 0.717) is 10.9 Å². The van der Waals surface area contributed by atoms with Crippen molar-refractivity contribution in [1.82, 2.24) is 4.98 Å². The van der Waals surface area contributed by atoms with Crippen molar-refractivity contribution < 1.29 is 0 Å². The van der Waals surface area contributed by atoms with Crippen LogP contribution in [-0.4, -0.2) is 11.2 Å². The Bertz CT molecular complexity index is 530. The van der Waals surface area contributed by atoms with E-state index < -0.39 is 0 Å². The summed E-state index contributed by atoms with van der Waals surface area (Å²) in [6.45, 7) is 2.04. The van der Waals surface area contributed by atoms with Crippen molar-refractivity contribution in [3.8, 4) is 0 Å². The van der Waals surface area contributed by atoms with Gasteiger partial charge >= 0.3 is 0 Å². The lowest BCUT2D eigenvalue weighted by Gasteiger charge is -1.98. The van der Waals surface area contributed by atoms with Gasteiger partial charge in [0, 0.05) is 9.85 Å². The fourth-order valence-electron chi connectivity index (χ4n) is 1.34. The van der Waals surface area contributed by atoms with E-state index in [4.69, 9.17) is 5.73 Å². The molecule has 0 radical (unpaired) electrons. The van der Waals surface area contributed by atoms with Gasteiger partial charge in [0.15, 0.2) is 0 Å². The van der Waals surface area contributed by atoms with Crippen LogP contribution in [0.1, 0.15) is 11.1 Å². The Morgan fingerprint density at radius 1 is 1.47 bits per heavy atom. The highest BCUT2D eigenvalue weighted by atomic mass is 79.9. The molecule has 1 aromatic heterocycles. The lowest BCUT2D eigenvalue weighted by molar-refractivity contribution is 1.29. The average Bonchev–Trinajstić information content (AvgIpc) is 2.63. The van der Waals surface area contributed by atoms with Gasteiger partial charge in [-0.3, -0.25) is 5.43 Å². The maximum absolute atomic E-state index is 5.50. The van der Waals surface area contributed by atoms with Gasteiger partial charge in [0.1, 0.15) is 5.82 Å². The van der Waals surface area contributed by atoms with Crippen molar-refractivity contribution in [2.75, 3.05) is 11.2 Å². The predicted molar refractivity (Wildman–Crippen MR) is 76.6 cm³/mol. The maximum atomic E-state index is 5.50. The van der Waals surface area contributed by atoms with Gasteiger partial charge in [-0.15, -0.1) is 11.3 Å². The van der Waals surface area contributed by atoms with Crippen LogP contribution in [0.3, 0.4) is 0 Å². The van der Waals surface area contributed by atoms with Gasteiger partial charge < -0.3 is 5.73 Å². The van der Waals surface area contributed by atoms with E-state index >= 15 is 0 Å². The second kappa shape index (κ2) is 5.29. The van der Waals surface area contributed by atoms with Crippen LogP contribution in [0.4, 0.5) is 10.9 Å². The Labute approximate surface area is 112 Å². The molecule has 0 bridgehead atoms. The molecule has 0 saturated carbocycles. The first-order chi connectivity index (χ1) is 8.13. The Kier molecular flexibility index (Phi) is 3.75. The summed E-state index contributed by atoms with van der Waals surface area (Å²) in [5, 5.41) is 6.55. The quantitative estimate of drug-likeness (QED) is 0.675. The largest absolute Gasteiger partial charge is 0.383 e.